The molecule has 2 rings (SSSR count). The number of ether oxygens (including phenoxy) is 1. The summed E-state index contributed by atoms with van der Waals surface area (Å²) < 4.78 is 5.34. The Hall–Kier alpha value is -1.59. The number of nitrogens with zero attached hydrogens (tertiary/aromatic N) is 1. The molecular weight excluding hydrogens is 266 g/mol. The van der Waals surface area contributed by atoms with Gasteiger partial charge in [-0.2, -0.15) is 0 Å². The molecule has 1 aliphatic heterocycles. The number of hydrogen-bond donors (Lipinski definition) is 2. The van der Waals surface area contributed by atoms with Crippen LogP contribution in [0.4, 0.5) is 5.69 Å². The molecule has 1 unspecified atom stereocenters. The van der Waals surface area contributed by atoms with Gasteiger partial charge < -0.3 is 15.4 Å². The normalized spacial score (nSPS) is 17.2. The third-order valence-electron chi connectivity index (χ3n) is 3.55. The van der Waals surface area contributed by atoms with Crippen molar-refractivity contribution in [1.82, 2.24) is 10.2 Å². The molecule has 0 radical (unpaired) electrons. The van der Waals surface area contributed by atoms with E-state index in [9.17, 15) is 4.79 Å². The van der Waals surface area contributed by atoms with Crippen LogP contribution in [0, 0.1) is 0 Å². The summed E-state index contributed by atoms with van der Waals surface area (Å²) in [6.45, 7) is 9.17. The third-order valence-corrected chi connectivity index (χ3v) is 3.55. The highest BCUT2D eigenvalue weighted by molar-refractivity contribution is 5.99. The molecular formula is C16H25N3O2. The van der Waals surface area contributed by atoms with Crippen molar-refractivity contribution in [2.45, 2.75) is 19.9 Å². The van der Waals surface area contributed by atoms with Crippen molar-refractivity contribution in [3.05, 3.63) is 29.8 Å². The molecule has 2 N–H and O–H groups in total. The zero-order valence-electron chi connectivity index (χ0n) is 12.9. The molecule has 21 heavy (non-hydrogen) atoms. The lowest BCUT2D eigenvalue weighted by molar-refractivity contribution is 0.0342. The van der Waals surface area contributed by atoms with E-state index in [4.69, 9.17) is 4.74 Å². The highest BCUT2D eigenvalue weighted by Crippen LogP contribution is 2.14. The van der Waals surface area contributed by atoms with Crippen LogP contribution in [0.3, 0.4) is 0 Å². The monoisotopic (exact) mass is 291 g/mol. The Morgan fingerprint density at radius 2 is 2.05 bits per heavy atom. The van der Waals surface area contributed by atoms with Crippen LogP contribution in [0.25, 0.3) is 0 Å². The summed E-state index contributed by atoms with van der Waals surface area (Å²) in [5.41, 5.74) is 1.59. The van der Waals surface area contributed by atoms with Gasteiger partial charge in [0.15, 0.2) is 0 Å². The average Bonchev–Trinajstić information content (AvgIpc) is 2.49. The first-order valence-corrected chi connectivity index (χ1v) is 7.64. The quantitative estimate of drug-likeness (QED) is 0.835. The minimum absolute atomic E-state index is 0.0210. The molecule has 116 valence electrons. The molecule has 5 nitrogen and oxygen atoms in total. The van der Waals surface area contributed by atoms with Crippen molar-refractivity contribution < 1.29 is 9.53 Å². The van der Waals surface area contributed by atoms with E-state index in [1.165, 1.54) is 0 Å². The van der Waals surface area contributed by atoms with E-state index >= 15 is 0 Å². The molecule has 0 spiro atoms. The van der Waals surface area contributed by atoms with Crippen molar-refractivity contribution in [2.24, 2.45) is 0 Å². The van der Waals surface area contributed by atoms with Gasteiger partial charge >= 0.3 is 0 Å². The lowest BCUT2D eigenvalue weighted by Gasteiger charge is -2.29. The molecule has 0 aromatic heterocycles. The van der Waals surface area contributed by atoms with Crippen molar-refractivity contribution in [3.8, 4) is 0 Å². The van der Waals surface area contributed by atoms with E-state index in [0.29, 0.717) is 5.56 Å². The molecule has 0 saturated carbocycles. The van der Waals surface area contributed by atoms with E-state index in [-0.39, 0.29) is 11.9 Å². The Morgan fingerprint density at radius 1 is 1.33 bits per heavy atom. The Balaban J connectivity index is 1.91. The van der Waals surface area contributed by atoms with E-state index in [1.807, 2.05) is 38.1 Å². The van der Waals surface area contributed by atoms with Gasteiger partial charge in [-0.15, -0.1) is 0 Å². The number of carbonyl (C=O) groups is 1. The fourth-order valence-corrected chi connectivity index (χ4v) is 2.54. The van der Waals surface area contributed by atoms with Crippen LogP contribution in [0.15, 0.2) is 24.3 Å². The fraction of sp³-hybridized carbons (Fsp3) is 0.562. The SMILES string of the molecule is CCNc1ccccc1C(=O)NC(C)CN1CCOCC1. The number of hydrogen-bond acceptors (Lipinski definition) is 4. The number of rotatable bonds is 6. The predicted molar refractivity (Wildman–Crippen MR) is 84.8 cm³/mol. The fourth-order valence-electron chi connectivity index (χ4n) is 2.54. The second kappa shape index (κ2) is 8.00. The summed E-state index contributed by atoms with van der Waals surface area (Å²) in [5.74, 6) is -0.0210. The molecule has 1 amide bonds. The number of anilines is 1. The van der Waals surface area contributed by atoms with Crippen molar-refractivity contribution in [3.63, 3.8) is 0 Å². The van der Waals surface area contributed by atoms with E-state index in [0.717, 1.165) is 45.1 Å². The number of para-hydroxylation sites is 1. The Bertz CT molecular complexity index is 459. The third kappa shape index (κ3) is 4.72. The Kier molecular flexibility index (Phi) is 6.02. The number of morpholine rings is 1. The minimum atomic E-state index is -0.0210. The highest BCUT2D eigenvalue weighted by atomic mass is 16.5. The predicted octanol–water partition coefficient (Wildman–Crippen LogP) is 1.57. The second-order valence-electron chi connectivity index (χ2n) is 5.36. The van der Waals surface area contributed by atoms with Gasteiger partial charge in [-0.25, -0.2) is 0 Å². The Labute approximate surface area is 126 Å². The van der Waals surface area contributed by atoms with Gasteiger partial charge in [0, 0.05) is 37.9 Å². The highest BCUT2D eigenvalue weighted by Gasteiger charge is 2.17. The number of carbonyl (C=O) groups excluding carboxylic acids is 1. The van der Waals surface area contributed by atoms with Crippen LogP contribution in [-0.2, 0) is 4.74 Å². The topological polar surface area (TPSA) is 53.6 Å². The standard InChI is InChI=1S/C16H25N3O2/c1-3-17-15-7-5-4-6-14(15)16(20)18-13(2)12-19-8-10-21-11-9-19/h4-7,13,17H,3,8-12H2,1-2H3,(H,18,20). The average molecular weight is 291 g/mol. The van der Waals surface area contributed by atoms with Crippen molar-refractivity contribution in [2.75, 3.05) is 44.7 Å². The smallest absolute Gasteiger partial charge is 0.253 e. The molecule has 1 heterocycles. The van der Waals surface area contributed by atoms with Crippen LogP contribution in [-0.4, -0.2) is 56.2 Å². The summed E-state index contributed by atoms with van der Waals surface area (Å²) in [4.78, 5) is 14.7. The molecule has 0 aliphatic carbocycles. The van der Waals surface area contributed by atoms with Gasteiger partial charge in [-0.05, 0) is 26.0 Å². The molecule has 5 heteroatoms. The number of amides is 1. The molecule has 1 saturated heterocycles. The zero-order chi connectivity index (χ0) is 15.1. The zero-order valence-corrected chi connectivity index (χ0v) is 12.9. The number of nitrogens with one attached hydrogen (secondary N) is 2. The summed E-state index contributed by atoms with van der Waals surface area (Å²) in [6, 6.07) is 7.74. The van der Waals surface area contributed by atoms with Gasteiger partial charge in [-0.1, -0.05) is 12.1 Å². The summed E-state index contributed by atoms with van der Waals surface area (Å²) in [6.07, 6.45) is 0. The first kappa shape index (κ1) is 15.8. The van der Waals surface area contributed by atoms with Crippen LogP contribution < -0.4 is 10.6 Å². The van der Waals surface area contributed by atoms with Gasteiger partial charge in [0.05, 0.1) is 18.8 Å². The molecule has 0 bridgehead atoms. The van der Waals surface area contributed by atoms with E-state index in [2.05, 4.69) is 15.5 Å². The van der Waals surface area contributed by atoms with Gasteiger partial charge in [0.25, 0.3) is 5.91 Å². The second-order valence-corrected chi connectivity index (χ2v) is 5.36. The summed E-state index contributed by atoms with van der Waals surface area (Å²) >= 11 is 0. The van der Waals surface area contributed by atoms with Crippen LogP contribution >= 0.6 is 0 Å². The Morgan fingerprint density at radius 3 is 2.76 bits per heavy atom. The molecule has 1 aromatic carbocycles. The van der Waals surface area contributed by atoms with Crippen LogP contribution in [0.2, 0.25) is 0 Å². The summed E-state index contributed by atoms with van der Waals surface area (Å²) in [5, 5.41) is 6.30. The van der Waals surface area contributed by atoms with Crippen LogP contribution in [0.5, 0.6) is 0 Å². The van der Waals surface area contributed by atoms with Crippen molar-refractivity contribution >= 4 is 11.6 Å². The maximum absolute atomic E-state index is 12.4. The molecule has 1 atom stereocenters. The van der Waals surface area contributed by atoms with Gasteiger partial charge in [0.1, 0.15) is 0 Å². The first-order valence-electron chi connectivity index (χ1n) is 7.64. The maximum Gasteiger partial charge on any atom is 0.253 e. The van der Waals surface area contributed by atoms with Crippen LogP contribution in [0.1, 0.15) is 24.2 Å². The van der Waals surface area contributed by atoms with E-state index in [1.54, 1.807) is 0 Å². The first-order chi connectivity index (χ1) is 10.2. The molecule has 1 aliphatic rings. The minimum Gasteiger partial charge on any atom is -0.385 e. The molecule has 1 aromatic rings. The van der Waals surface area contributed by atoms with Gasteiger partial charge in [-0.3, -0.25) is 9.69 Å². The largest absolute Gasteiger partial charge is 0.385 e. The maximum atomic E-state index is 12.4. The van der Waals surface area contributed by atoms with E-state index < -0.39 is 0 Å². The van der Waals surface area contributed by atoms with Crippen molar-refractivity contribution in [1.29, 1.82) is 0 Å². The lowest BCUT2D eigenvalue weighted by Crippen LogP contribution is -2.46. The summed E-state index contributed by atoms with van der Waals surface area (Å²) in [7, 11) is 0. The lowest BCUT2D eigenvalue weighted by atomic mass is 10.1. The number of benzene rings is 1. The van der Waals surface area contributed by atoms with Gasteiger partial charge in [0.2, 0.25) is 0 Å². The molecule has 1 fully saturated rings.